The first kappa shape index (κ1) is 13.1. The maximum atomic E-state index is 5.90. The number of halogens is 2. The van der Waals surface area contributed by atoms with Gasteiger partial charge >= 0.3 is 0 Å². The maximum absolute atomic E-state index is 5.90. The lowest BCUT2D eigenvalue weighted by atomic mass is 10.6. The smallest absolute Gasteiger partial charge is 0.221 e. The van der Waals surface area contributed by atoms with Crippen molar-refractivity contribution in [2.24, 2.45) is 0 Å². The lowest BCUT2D eigenvalue weighted by molar-refractivity contribution is -0.883. The van der Waals surface area contributed by atoms with Gasteiger partial charge < -0.3 is 22.8 Å². The minimum Gasteiger partial charge on any atom is -1.00 e. The number of hydrogen-bond acceptors (Lipinski definition) is 1. The molecule has 5 heteroatoms. The summed E-state index contributed by atoms with van der Waals surface area (Å²) in [6.07, 6.45) is 0. The van der Waals surface area contributed by atoms with Crippen molar-refractivity contribution in [1.29, 1.82) is 0 Å². The second-order valence-corrected chi connectivity index (χ2v) is 2.83. The minimum atomic E-state index is 0. The molecule has 1 heterocycles. The monoisotopic (exact) mass is 188 g/mol. The van der Waals surface area contributed by atoms with Crippen LogP contribution in [0.2, 0.25) is 0 Å². The zero-order valence-electron chi connectivity index (χ0n) is 6.19. The number of rotatable bonds is 0. The fraction of sp³-hybridized carbons (Fsp3) is 1.00. The molecule has 0 saturated carbocycles. The molecule has 3 N–H and O–H groups in total. The van der Waals surface area contributed by atoms with Crippen LogP contribution in [0.3, 0.4) is 0 Å². The maximum Gasteiger partial charge on any atom is 0.221 e. The van der Waals surface area contributed by atoms with Crippen molar-refractivity contribution in [2.75, 3.05) is 27.2 Å². The highest BCUT2D eigenvalue weighted by atomic mass is 35.5. The van der Waals surface area contributed by atoms with Crippen molar-refractivity contribution in [3.05, 3.63) is 0 Å². The van der Waals surface area contributed by atoms with Gasteiger partial charge in [-0.1, -0.05) is 0 Å². The summed E-state index contributed by atoms with van der Waals surface area (Å²) in [4.78, 5) is 3.55. The molecule has 0 radical (unpaired) electrons. The van der Waals surface area contributed by atoms with Crippen molar-refractivity contribution in [3.8, 4) is 0 Å². The molecule has 0 aliphatic carbocycles. The van der Waals surface area contributed by atoms with E-state index < -0.39 is 0 Å². The fourth-order valence-corrected chi connectivity index (χ4v) is 1.17. The fourth-order valence-electron chi connectivity index (χ4n) is 0.961. The molecule has 2 unspecified atom stereocenters. The highest BCUT2D eigenvalue weighted by Gasteiger charge is 2.27. The van der Waals surface area contributed by atoms with Crippen LogP contribution in [0.4, 0.5) is 0 Å². The standard InChI is InChI=1S/C5H11ClN2.ClH.H2O/c1-7-3-4-8(2)5(7)6;;/h5H,3-4H2,1-2H3;1H;1H2. The number of likely N-dealkylation sites (N-methyl/N-ethyl adjacent to an activating group) is 2. The quantitative estimate of drug-likeness (QED) is 0.301. The van der Waals surface area contributed by atoms with E-state index in [2.05, 4.69) is 11.9 Å². The van der Waals surface area contributed by atoms with Crippen molar-refractivity contribution in [2.45, 2.75) is 5.62 Å². The van der Waals surface area contributed by atoms with Gasteiger partial charge in [0.05, 0.1) is 20.1 Å². The van der Waals surface area contributed by atoms with Gasteiger partial charge in [-0.05, 0) is 18.6 Å². The highest BCUT2D eigenvalue weighted by Crippen LogP contribution is 1.95. The van der Waals surface area contributed by atoms with E-state index in [9.17, 15) is 0 Å². The van der Waals surface area contributed by atoms with Crippen LogP contribution in [0.15, 0.2) is 0 Å². The van der Waals surface area contributed by atoms with Gasteiger partial charge in [0, 0.05) is 0 Å². The van der Waals surface area contributed by atoms with E-state index in [4.69, 9.17) is 11.6 Å². The summed E-state index contributed by atoms with van der Waals surface area (Å²) in [5.74, 6) is 0. The number of nitrogens with one attached hydrogen (secondary N) is 1. The predicted molar refractivity (Wildman–Crippen MR) is 37.6 cm³/mol. The van der Waals surface area contributed by atoms with Crippen LogP contribution in [0, 0.1) is 0 Å². The van der Waals surface area contributed by atoms with Crippen molar-refractivity contribution in [3.63, 3.8) is 0 Å². The van der Waals surface area contributed by atoms with E-state index in [0.717, 1.165) is 6.54 Å². The van der Waals surface area contributed by atoms with Gasteiger partial charge in [0.25, 0.3) is 0 Å². The van der Waals surface area contributed by atoms with Crippen LogP contribution >= 0.6 is 11.6 Å². The summed E-state index contributed by atoms with van der Waals surface area (Å²) in [5, 5.41) is 0. The highest BCUT2D eigenvalue weighted by molar-refractivity contribution is 6.19. The molecule has 0 aromatic rings. The SMILES string of the molecule is CN1CC[NH+](C)C1Cl.O.[Cl-]. The van der Waals surface area contributed by atoms with Crippen molar-refractivity contribution < 1.29 is 22.8 Å². The molecule has 0 aromatic carbocycles. The summed E-state index contributed by atoms with van der Waals surface area (Å²) in [6.45, 7) is 2.30. The minimum absolute atomic E-state index is 0. The van der Waals surface area contributed by atoms with E-state index in [1.807, 2.05) is 7.05 Å². The third kappa shape index (κ3) is 2.60. The molecule has 64 valence electrons. The molecule has 0 amide bonds. The van der Waals surface area contributed by atoms with E-state index >= 15 is 0 Å². The Bertz CT molecular complexity index is 83.7. The molecule has 1 rings (SSSR count). The zero-order valence-corrected chi connectivity index (χ0v) is 7.71. The van der Waals surface area contributed by atoms with Gasteiger partial charge in [-0.2, -0.15) is 0 Å². The van der Waals surface area contributed by atoms with Crippen LogP contribution < -0.4 is 17.3 Å². The van der Waals surface area contributed by atoms with Gasteiger partial charge in [-0.25, -0.2) is 4.90 Å². The predicted octanol–water partition coefficient (Wildman–Crippen LogP) is -4.85. The third-order valence-corrected chi connectivity index (χ3v) is 2.36. The Labute approximate surface area is 72.6 Å². The van der Waals surface area contributed by atoms with Gasteiger partial charge in [-0.3, -0.25) is 0 Å². The lowest BCUT2D eigenvalue weighted by Gasteiger charge is -2.12. The Kier molecular flexibility index (Phi) is 6.74. The molecule has 1 aliphatic heterocycles. The number of nitrogens with zero attached hydrogens (tertiary/aromatic N) is 1. The number of hydrogen-bond donors (Lipinski definition) is 1. The summed E-state index contributed by atoms with van der Waals surface area (Å²) in [7, 11) is 4.16. The molecule has 10 heavy (non-hydrogen) atoms. The molecule has 3 nitrogen and oxygen atoms in total. The molecule has 2 atom stereocenters. The number of quaternary nitrogens is 1. The Morgan fingerprint density at radius 2 is 2.10 bits per heavy atom. The van der Waals surface area contributed by atoms with Crippen molar-refractivity contribution in [1.82, 2.24) is 4.90 Å². The second kappa shape index (κ2) is 5.16. The van der Waals surface area contributed by atoms with E-state index in [-0.39, 0.29) is 23.5 Å². The normalized spacial score (nSPS) is 32.7. The average molecular weight is 189 g/mol. The first-order valence-corrected chi connectivity index (χ1v) is 3.32. The Morgan fingerprint density at radius 1 is 1.60 bits per heavy atom. The molecule has 1 saturated heterocycles. The van der Waals surface area contributed by atoms with Gasteiger partial charge in [0.2, 0.25) is 5.62 Å². The second-order valence-electron chi connectivity index (χ2n) is 2.41. The Balaban J connectivity index is 0. The lowest BCUT2D eigenvalue weighted by Crippen LogP contribution is -3.10. The molecule has 0 spiro atoms. The van der Waals surface area contributed by atoms with Crippen LogP contribution in [0.1, 0.15) is 0 Å². The number of alkyl halides is 1. The molecule has 1 aliphatic rings. The van der Waals surface area contributed by atoms with Gasteiger partial charge in [-0.15, -0.1) is 0 Å². The van der Waals surface area contributed by atoms with Gasteiger partial charge in [0.15, 0.2) is 0 Å². The van der Waals surface area contributed by atoms with E-state index in [1.165, 1.54) is 11.4 Å². The first-order valence-electron chi connectivity index (χ1n) is 2.88. The third-order valence-electron chi connectivity index (χ3n) is 1.65. The summed E-state index contributed by atoms with van der Waals surface area (Å²) < 4.78 is 0. The van der Waals surface area contributed by atoms with Gasteiger partial charge in [0.1, 0.15) is 0 Å². The molecular formula is C5H14Cl2N2O. The average Bonchev–Trinajstić information content (AvgIpc) is 1.98. The molecule has 1 fully saturated rings. The van der Waals surface area contributed by atoms with E-state index in [0.29, 0.717) is 0 Å². The van der Waals surface area contributed by atoms with Crippen LogP contribution in [-0.4, -0.2) is 43.2 Å². The summed E-state index contributed by atoms with van der Waals surface area (Å²) >= 11 is 5.90. The summed E-state index contributed by atoms with van der Waals surface area (Å²) in [6, 6.07) is 0. The molecule has 0 bridgehead atoms. The topological polar surface area (TPSA) is 39.2 Å². The summed E-state index contributed by atoms with van der Waals surface area (Å²) in [5.41, 5.74) is 0.204. The van der Waals surface area contributed by atoms with Crippen LogP contribution in [-0.2, 0) is 0 Å². The first-order chi connectivity index (χ1) is 3.72. The largest absolute Gasteiger partial charge is 1.00 e. The molecule has 0 aromatic heterocycles. The van der Waals surface area contributed by atoms with Crippen molar-refractivity contribution >= 4 is 11.6 Å². The molecular weight excluding hydrogens is 175 g/mol. The van der Waals surface area contributed by atoms with E-state index in [1.54, 1.807) is 0 Å². The Hall–Kier alpha value is 0.460. The van der Waals surface area contributed by atoms with Crippen LogP contribution in [0.5, 0.6) is 0 Å². The van der Waals surface area contributed by atoms with Crippen LogP contribution in [0.25, 0.3) is 0 Å². The Morgan fingerprint density at radius 3 is 2.20 bits per heavy atom. The zero-order chi connectivity index (χ0) is 6.15.